The highest BCUT2D eigenvalue weighted by Gasteiger charge is 2.31. The van der Waals surface area contributed by atoms with Crippen LogP contribution in [0.25, 0.3) is 11.1 Å². The Morgan fingerprint density at radius 3 is 1.97 bits per heavy atom. The maximum atomic E-state index is 15.1. The summed E-state index contributed by atoms with van der Waals surface area (Å²) in [5, 5.41) is 0. The van der Waals surface area contributed by atoms with Crippen LogP contribution in [0, 0.1) is 23.6 Å². The molecular formula is C31H42F2. The molecule has 0 saturated heterocycles. The summed E-state index contributed by atoms with van der Waals surface area (Å²) >= 11 is 0. The summed E-state index contributed by atoms with van der Waals surface area (Å²) in [4.78, 5) is 0. The topological polar surface area (TPSA) is 0 Å². The van der Waals surface area contributed by atoms with E-state index in [1.165, 1.54) is 56.9 Å². The van der Waals surface area contributed by atoms with Gasteiger partial charge in [-0.05, 0) is 103 Å². The van der Waals surface area contributed by atoms with Crippen LogP contribution in [0.2, 0.25) is 0 Å². The Bertz CT molecular complexity index is 840. The molecule has 0 aliphatic heterocycles. The lowest BCUT2D eigenvalue weighted by atomic mass is 9.68. The molecule has 0 aromatic heterocycles. The SMILES string of the molecule is CCc1ccc(-c2ccc([C@H]3CC[C@H]([C@H]4CC[C@H](CCCCCF)CC4)CC3)c(F)c2)cc1. The van der Waals surface area contributed by atoms with Crippen molar-refractivity contribution in [1.82, 2.24) is 0 Å². The highest BCUT2D eigenvalue weighted by atomic mass is 19.1. The van der Waals surface area contributed by atoms with Gasteiger partial charge >= 0.3 is 0 Å². The molecule has 0 spiro atoms. The first-order valence-corrected chi connectivity index (χ1v) is 13.6. The molecule has 2 aromatic rings. The number of hydrogen-bond donors (Lipinski definition) is 0. The molecule has 2 aliphatic carbocycles. The molecule has 0 N–H and O–H groups in total. The molecule has 2 saturated carbocycles. The molecule has 0 nitrogen and oxygen atoms in total. The minimum atomic E-state index is -0.156. The summed E-state index contributed by atoms with van der Waals surface area (Å²) in [6.07, 6.45) is 15.6. The van der Waals surface area contributed by atoms with Crippen LogP contribution in [0.3, 0.4) is 0 Å². The van der Waals surface area contributed by atoms with E-state index in [0.717, 1.165) is 66.5 Å². The van der Waals surface area contributed by atoms with E-state index in [9.17, 15) is 4.39 Å². The molecule has 0 amide bonds. The first-order valence-electron chi connectivity index (χ1n) is 13.6. The summed E-state index contributed by atoms with van der Waals surface area (Å²) in [5.41, 5.74) is 4.32. The molecule has 4 rings (SSSR count). The van der Waals surface area contributed by atoms with Crippen molar-refractivity contribution in [3.05, 3.63) is 59.4 Å². The third-order valence-corrected chi connectivity index (χ3v) is 8.71. The molecule has 2 aliphatic rings. The highest BCUT2D eigenvalue weighted by molar-refractivity contribution is 5.64. The van der Waals surface area contributed by atoms with Gasteiger partial charge in [-0.1, -0.05) is 75.4 Å². The number of halogens is 2. The van der Waals surface area contributed by atoms with Gasteiger partial charge in [-0.3, -0.25) is 4.39 Å². The third-order valence-electron chi connectivity index (χ3n) is 8.71. The van der Waals surface area contributed by atoms with Gasteiger partial charge in [0.2, 0.25) is 0 Å². The second kappa shape index (κ2) is 12.1. The van der Waals surface area contributed by atoms with Crippen LogP contribution < -0.4 is 0 Å². The van der Waals surface area contributed by atoms with Crippen LogP contribution in [0.15, 0.2) is 42.5 Å². The minimum absolute atomic E-state index is 0.0243. The first-order chi connectivity index (χ1) is 16.2. The number of alkyl halides is 1. The van der Waals surface area contributed by atoms with Gasteiger partial charge in [0.1, 0.15) is 5.82 Å². The summed E-state index contributed by atoms with van der Waals surface area (Å²) in [5.74, 6) is 2.95. The molecule has 180 valence electrons. The average molecular weight is 453 g/mol. The van der Waals surface area contributed by atoms with Crippen molar-refractivity contribution in [3.63, 3.8) is 0 Å². The van der Waals surface area contributed by atoms with Crippen molar-refractivity contribution in [1.29, 1.82) is 0 Å². The lowest BCUT2D eigenvalue weighted by Crippen LogP contribution is -2.25. The molecular weight excluding hydrogens is 410 g/mol. The summed E-state index contributed by atoms with van der Waals surface area (Å²) in [7, 11) is 0. The number of unbranched alkanes of at least 4 members (excludes halogenated alkanes) is 2. The van der Waals surface area contributed by atoms with E-state index in [1.807, 2.05) is 0 Å². The molecule has 0 bridgehead atoms. The first kappa shape index (κ1) is 24.4. The maximum absolute atomic E-state index is 15.1. The number of hydrogen-bond acceptors (Lipinski definition) is 0. The van der Waals surface area contributed by atoms with E-state index in [4.69, 9.17) is 0 Å². The van der Waals surface area contributed by atoms with Crippen molar-refractivity contribution in [2.75, 3.05) is 6.67 Å². The van der Waals surface area contributed by atoms with Crippen LogP contribution >= 0.6 is 0 Å². The van der Waals surface area contributed by atoms with Crippen LogP contribution in [0.5, 0.6) is 0 Å². The average Bonchev–Trinajstić information content (AvgIpc) is 2.87. The van der Waals surface area contributed by atoms with Crippen molar-refractivity contribution >= 4 is 0 Å². The van der Waals surface area contributed by atoms with Crippen LogP contribution in [0.1, 0.15) is 101 Å². The Kier molecular flexibility index (Phi) is 8.98. The lowest BCUT2D eigenvalue weighted by Gasteiger charge is -2.38. The van der Waals surface area contributed by atoms with Gasteiger partial charge < -0.3 is 0 Å². The fourth-order valence-electron chi connectivity index (χ4n) is 6.52. The maximum Gasteiger partial charge on any atom is 0.127 e. The molecule has 0 radical (unpaired) electrons. The van der Waals surface area contributed by atoms with Gasteiger partial charge in [-0.25, -0.2) is 4.39 Å². The van der Waals surface area contributed by atoms with Crippen LogP contribution in [0.4, 0.5) is 8.78 Å². The highest BCUT2D eigenvalue weighted by Crippen LogP contribution is 2.45. The minimum Gasteiger partial charge on any atom is -0.251 e. The second-order valence-electron chi connectivity index (χ2n) is 10.7. The smallest absolute Gasteiger partial charge is 0.127 e. The van der Waals surface area contributed by atoms with Crippen LogP contribution in [-0.2, 0) is 6.42 Å². The zero-order chi connectivity index (χ0) is 23.0. The number of benzene rings is 2. The summed E-state index contributed by atoms with van der Waals surface area (Å²) in [6.45, 7) is 2.00. The molecule has 2 aromatic carbocycles. The lowest BCUT2D eigenvalue weighted by molar-refractivity contribution is 0.155. The molecule has 2 fully saturated rings. The predicted octanol–water partition coefficient (Wildman–Crippen LogP) is 9.67. The van der Waals surface area contributed by atoms with Gasteiger partial charge in [0.25, 0.3) is 0 Å². The Labute approximate surface area is 200 Å². The molecule has 33 heavy (non-hydrogen) atoms. The largest absolute Gasteiger partial charge is 0.251 e. The molecule has 2 heteroatoms. The zero-order valence-electron chi connectivity index (χ0n) is 20.5. The van der Waals surface area contributed by atoms with Crippen LogP contribution in [-0.4, -0.2) is 6.67 Å². The van der Waals surface area contributed by atoms with E-state index in [1.54, 1.807) is 6.07 Å². The Balaban J connectivity index is 1.26. The quantitative estimate of drug-likeness (QED) is 0.332. The summed E-state index contributed by atoms with van der Waals surface area (Å²) in [6, 6.07) is 14.4. The second-order valence-corrected chi connectivity index (χ2v) is 10.7. The molecule has 0 unspecified atom stereocenters. The zero-order valence-corrected chi connectivity index (χ0v) is 20.5. The Morgan fingerprint density at radius 1 is 0.727 bits per heavy atom. The monoisotopic (exact) mass is 452 g/mol. The van der Waals surface area contributed by atoms with Gasteiger partial charge in [0, 0.05) is 0 Å². The normalized spacial score (nSPS) is 25.8. The summed E-state index contributed by atoms with van der Waals surface area (Å²) < 4.78 is 27.4. The van der Waals surface area contributed by atoms with E-state index < -0.39 is 0 Å². The fraction of sp³-hybridized carbons (Fsp3) is 0.613. The standard InChI is InChI=1S/C31H42F2/c1-2-23-7-11-27(12-8-23)29-19-20-30(31(33)22-29)28-17-15-26(16-18-28)25-13-9-24(10-14-25)6-4-3-5-21-32/h7-8,11-12,19-20,22,24-26,28H,2-6,9-10,13-18,21H2,1H3/t24-,25-,26-,28-. The van der Waals surface area contributed by atoms with Gasteiger partial charge in [0.05, 0.1) is 6.67 Å². The van der Waals surface area contributed by atoms with E-state index in [-0.39, 0.29) is 12.5 Å². The van der Waals surface area contributed by atoms with Crippen molar-refractivity contribution in [2.45, 2.75) is 96.3 Å². The molecule has 0 heterocycles. The Morgan fingerprint density at radius 2 is 1.36 bits per heavy atom. The Hall–Kier alpha value is -1.70. The van der Waals surface area contributed by atoms with Gasteiger partial charge in [-0.15, -0.1) is 0 Å². The van der Waals surface area contributed by atoms with Gasteiger partial charge in [0.15, 0.2) is 0 Å². The predicted molar refractivity (Wildman–Crippen MR) is 136 cm³/mol. The molecule has 0 atom stereocenters. The van der Waals surface area contributed by atoms with E-state index >= 15 is 4.39 Å². The van der Waals surface area contributed by atoms with E-state index in [2.05, 4.69) is 43.3 Å². The van der Waals surface area contributed by atoms with E-state index in [0.29, 0.717) is 5.92 Å². The van der Waals surface area contributed by atoms with Crippen molar-refractivity contribution in [2.24, 2.45) is 17.8 Å². The fourth-order valence-corrected chi connectivity index (χ4v) is 6.52. The van der Waals surface area contributed by atoms with Crippen molar-refractivity contribution < 1.29 is 8.78 Å². The number of rotatable bonds is 9. The van der Waals surface area contributed by atoms with Gasteiger partial charge in [-0.2, -0.15) is 0 Å². The number of aryl methyl sites for hydroxylation is 1. The van der Waals surface area contributed by atoms with Crippen molar-refractivity contribution in [3.8, 4) is 11.1 Å². The third kappa shape index (κ3) is 6.46.